The van der Waals surface area contributed by atoms with E-state index in [0.29, 0.717) is 12.1 Å². The van der Waals surface area contributed by atoms with Gasteiger partial charge in [0, 0.05) is 17.3 Å². The molecule has 0 saturated heterocycles. The third kappa shape index (κ3) is 3.52. The van der Waals surface area contributed by atoms with Crippen molar-refractivity contribution >= 4 is 23.3 Å². The summed E-state index contributed by atoms with van der Waals surface area (Å²) in [4.78, 5) is 11.5. The molecule has 0 unspecified atom stereocenters. The van der Waals surface area contributed by atoms with Crippen molar-refractivity contribution in [1.29, 1.82) is 0 Å². The number of nitrogens with one attached hydrogen (secondary N) is 1. The van der Waals surface area contributed by atoms with Crippen LogP contribution in [0.15, 0.2) is 42.5 Å². The predicted octanol–water partition coefficient (Wildman–Crippen LogP) is 4.05. The quantitative estimate of drug-likeness (QED) is 0.863. The van der Waals surface area contributed by atoms with Gasteiger partial charge in [0.15, 0.2) is 0 Å². The van der Waals surface area contributed by atoms with Gasteiger partial charge in [-0.25, -0.2) is 4.79 Å². The highest BCUT2D eigenvalue weighted by atomic mass is 35.5. The van der Waals surface area contributed by atoms with Crippen LogP contribution in [0.25, 0.3) is 0 Å². The van der Waals surface area contributed by atoms with Gasteiger partial charge in [-0.3, -0.25) is 0 Å². The third-order valence-electron chi connectivity index (χ3n) is 3.00. The molecule has 0 saturated carbocycles. The topological polar surface area (TPSA) is 38.3 Å². The van der Waals surface area contributed by atoms with Gasteiger partial charge in [0.1, 0.15) is 0 Å². The SMILES string of the molecule is COC(=O)c1cccc(CNc2ccc(Cl)c(C)c2)c1. The monoisotopic (exact) mass is 289 g/mol. The summed E-state index contributed by atoms with van der Waals surface area (Å²) >= 11 is 5.99. The first-order chi connectivity index (χ1) is 9.60. The number of carbonyl (C=O) groups excluding carboxylic acids is 1. The van der Waals surface area contributed by atoms with E-state index in [4.69, 9.17) is 16.3 Å². The molecule has 1 N–H and O–H groups in total. The van der Waals surface area contributed by atoms with Crippen LogP contribution in [-0.2, 0) is 11.3 Å². The predicted molar refractivity (Wildman–Crippen MR) is 81.3 cm³/mol. The van der Waals surface area contributed by atoms with E-state index in [-0.39, 0.29) is 5.97 Å². The Morgan fingerprint density at radius 1 is 1.25 bits per heavy atom. The number of aryl methyl sites for hydroxylation is 1. The van der Waals surface area contributed by atoms with Crippen molar-refractivity contribution in [3.63, 3.8) is 0 Å². The lowest BCUT2D eigenvalue weighted by Crippen LogP contribution is -2.04. The van der Waals surface area contributed by atoms with E-state index >= 15 is 0 Å². The molecule has 0 aromatic heterocycles. The summed E-state index contributed by atoms with van der Waals surface area (Å²) in [7, 11) is 1.38. The average molecular weight is 290 g/mol. The Morgan fingerprint density at radius 3 is 2.75 bits per heavy atom. The molecule has 0 heterocycles. The average Bonchev–Trinajstić information content (AvgIpc) is 2.48. The number of carbonyl (C=O) groups is 1. The molecule has 0 spiro atoms. The van der Waals surface area contributed by atoms with Crippen LogP contribution < -0.4 is 5.32 Å². The Morgan fingerprint density at radius 2 is 2.05 bits per heavy atom. The molecule has 0 aliphatic rings. The van der Waals surface area contributed by atoms with Gasteiger partial charge < -0.3 is 10.1 Å². The minimum Gasteiger partial charge on any atom is -0.465 e. The van der Waals surface area contributed by atoms with E-state index in [9.17, 15) is 4.79 Å². The smallest absolute Gasteiger partial charge is 0.337 e. The molecule has 2 aromatic rings. The van der Waals surface area contributed by atoms with Gasteiger partial charge >= 0.3 is 5.97 Å². The minimum atomic E-state index is -0.325. The zero-order valence-corrected chi connectivity index (χ0v) is 12.2. The summed E-state index contributed by atoms with van der Waals surface area (Å²) in [5.74, 6) is -0.325. The number of ether oxygens (including phenoxy) is 1. The number of hydrogen-bond donors (Lipinski definition) is 1. The maximum Gasteiger partial charge on any atom is 0.337 e. The van der Waals surface area contributed by atoms with Crippen molar-refractivity contribution < 1.29 is 9.53 Å². The van der Waals surface area contributed by atoms with Crippen molar-refractivity contribution in [2.75, 3.05) is 12.4 Å². The standard InChI is InChI=1S/C16H16ClNO2/c1-11-8-14(6-7-15(11)17)18-10-12-4-3-5-13(9-12)16(19)20-2/h3-9,18H,10H2,1-2H3. The summed E-state index contributed by atoms with van der Waals surface area (Å²) in [5.41, 5.74) is 3.59. The lowest BCUT2D eigenvalue weighted by molar-refractivity contribution is 0.0600. The highest BCUT2D eigenvalue weighted by molar-refractivity contribution is 6.31. The van der Waals surface area contributed by atoms with Gasteiger partial charge in [-0.05, 0) is 48.4 Å². The highest BCUT2D eigenvalue weighted by Gasteiger charge is 2.05. The fourth-order valence-corrected chi connectivity index (χ4v) is 2.00. The van der Waals surface area contributed by atoms with E-state index in [1.165, 1.54) is 7.11 Å². The van der Waals surface area contributed by atoms with Gasteiger partial charge in [-0.15, -0.1) is 0 Å². The molecule has 4 heteroatoms. The zero-order chi connectivity index (χ0) is 14.5. The molecule has 0 aliphatic heterocycles. The van der Waals surface area contributed by atoms with Crippen LogP contribution in [-0.4, -0.2) is 13.1 Å². The fourth-order valence-electron chi connectivity index (χ4n) is 1.88. The number of halogens is 1. The molecular weight excluding hydrogens is 274 g/mol. The van der Waals surface area contributed by atoms with Gasteiger partial charge in [-0.1, -0.05) is 23.7 Å². The van der Waals surface area contributed by atoms with Crippen LogP contribution in [0.4, 0.5) is 5.69 Å². The number of rotatable bonds is 4. The van der Waals surface area contributed by atoms with Gasteiger partial charge in [0.2, 0.25) is 0 Å². The molecule has 0 bridgehead atoms. The molecule has 3 nitrogen and oxygen atoms in total. The maximum atomic E-state index is 11.5. The van der Waals surface area contributed by atoms with E-state index in [1.807, 2.05) is 43.3 Å². The molecule has 0 aliphatic carbocycles. The van der Waals surface area contributed by atoms with Crippen LogP contribution in [0.2, 0.25) is 5.02 Å². The Bertz CT molecular complexity index is 626. The molecule has 2 aromatic carbocycles. The molecule has 0 amide bonds. The minimum absolute atomic E-state index is 0.325. The molecule has 0 atom stereocenters. The number of methoxy groups -OCH3 is 1. The summed E-state index contributed by atoms with van der Waals surface area (Å²) in [5, 5.41) is 4.06. The van der Waals surface area contributed by atoms with E-state index in [1.54, 1.807) is 6.07 Å². The van der Waals surface area contributed by atoms with Crippen molar-refractivity contribution in [3.05, 3.63) is 64.2 Å². The first-order valence-corrected chi connectivity index (χ1v) is 6.65. The fraction of sp³-hybridized carbons (Fsp3) is 0.188. The van der Waals surface area contributed by atoms with E-state index in [0.717, 1.165) is 21.8 Å². The van der Waals surface area contributed by atoms with Crippen LogP contribution in [0.5, 0.6) is 0 Å². The largest absolute Gasteiger partial charge is 0.465 e. The molecule has 2 rings (SSSR count). The molecular formula is C16H16ClNO2. The van der Waals surface area contributed by atoms with Crippen LogP contribution in [0, 0.1) is 6.92 Å². The molecule has 20 heavy (non-hydrogen) atoms. The third-order valence-corrected chi connectivity index (χ3v) is 3.43. The summed E-state index contributed by atoms with van der Waals surface area (Å²) in [6.45, 7) is 2.59. The van der Waals surface area contributed by atoms with Crippen molar-refractivity contribution in [1.82, 2.24) is 0 Å². The second kappa shape index (κ2) is 6.44. The first-order valence-electron chi connectivity index (χ1n) is 6.27. The summed E-state index contributed by atoms with van der Waals surface area (Å²) in [6.07, 6.45) is 0. The van der Waals surface area contributed by atoms with Gasteiger partial charge in [0.25, 0.3) is 0 Å². The lowest BCUT2D eigenvalue weighted by atomic mass is 10.1. The summed E-state index contributed by atoms with van der Waals surface area (Å²) in [6, 6.07) is 13.2. The van der Waals surface area contributed by atoms with Crippen molar-refractivity contribution in [2.24, 2.45) is 0 Å². The number of hydrogen-bond acceptors (Lipinski definition) is 3. The number of esters is 1. The Hall–Kier alpha value is -2.00. The maximum absolute atomic E-state index is 11.5. The number of benzene rings is 2. The van der Waals surface area contributed by atoms with E-state index in [2.05, 4.69) is 5.32 Å². The van der Waals surface area contributed by atoms with Crippen LogP contribution >= 0.6 is 11.6 Å². The summed E-state index contributed by atoms with van der Waals surface area (Å²) < 4.78 is 4.71. The normalized spacial score (nSPS) is 10.2. The second-order valence-corrected chi connectivity index (χ2v) is 4.92. The number of anilines is 1. The zero-order valence-electron chi connectivity index (χ0n) is 11.4. The second-order valence-electron chi connectivity index (χ2n) is 4.51. The lowest BCUT2D eigenvalue weighted by Gasteiger charge is -2.09. The first kappa shape index (κ1) is 14.4. The molecule has 0 radical (unpaired) electrons. The molecule has 0 fully saturated rings. The van der Waals surface area contributed by atoms with Crippen molar-refractivity contribution in [2.45, 2.75) is 13.5 Å². The van der Waals surface area contributed by atoms with Gasteiger partial charge in [-0.2, -0.15) is 0 Å². The Kier molecular flexibility index (Phi) is 4.64. The Labute approximate surface area is 123 Å². The van der Waals surface area contributed by atoms with Crippen molar-refractivity contribution in [3.8, 4) is 0 Å². The van der Waals surface area contributed by atoms with E-state index < -0.39 is 0 Å². The van der Waals surface area contributed by atoms with Crippen LogP contribution in [0.3, 0.4) is 0 Å². The Balaban J connectivity index is 2.07. The highest BCUT2D eigenvalue weighted by Crippen LogP contribution is 2.20. The van der Waals surface area contributed by atoms with Crippen LogP contribution in [0.1, 0.15) is 21.5 Å². The van der Waals surface area contributed by atoms with Gasteiger partial charge in [0.05, 0.1) is 12.7 Å². The molecule has 104 valence electrons.